The van der Waals surface area contributed by atoms with E-state index in [1.807, 2.05) is 30.3 Å². The Kier molecular flexibility index (Phi) is 4.90. The molecule has 1 fully saturated rings. The molecule has 1 aliphatic heterocycles. The molecule has 1 saturated heterocycles. The van der Waals surface area contributed by atoms with Crippen LogP contribution in [0.4, 0.5) is 0 Å². The predicted molar refractivity (Wildman–Crippen MR) is 68.4 cm³/mol. The Morgan fingerprint density at radius 3 is 2.47 bits per heavy atom. The minimum Gasteiger partial charge on any atom is -0.388 e. The van der Waals surface area contributed by atoms with Crippen molar-refractivity contribution >= 4 is 0 Å². The second-order valence-corrected chi connectivity index (χ2v) is 4.68. The molecule has 0 bridgehead atoms. The summed E-state index contributed by atoms with van der Waals surface area (Å²) in [7, 11) is 1.46. The Hall–Kier alpha value is -0.980. The first kappa shape index (κ1) is 14.4. The van der Waals surface area contributed by atoms with Gasteiger partial charge in [0.15, 0.2) is 6.29 Å². The Morgan fingerprint density at radius 2 is 1.84 bits per heavy atom. The summed E-state index contributed by atoms with van der Waals surface area (Å²) in [5, 5.41) is 19.9. The van der Waals surface area contributed by atoms with Gasteiger partial charge >= 0.3 is 0 Å². The van der Waals surface area contributed by atoms with Crippen molar-refractivity contribution < 1.29 is 24.4 Å². The van der Waals surface area contributed by atoms with Gasteiger partial charge in [-0.05, 0) is 12.5 Å². The summed E-state index contributed by atoms with van der Waals surface area (Å²) in [6.07, 6.45) is -3.75. The lowest BCUT2D eigenvalue weighted by Gasteiger charge is -2.40. The Labute approximate surface area is 112 Å². The second-order valence-electron chi connectivity index (χ2n) is 4.68. The van der Waals surface area contributed by atoms with Gasteiger partial charge in [0.2, 0.25) is 0 Å². The molecule has 5 heteroatoms. The smallest absolute Gasteiger partial charge is 0.184 e. The largest absolute Gasteiger partial charge is 0.388 e. The van der Waals surface area contributed by atoms with Gasteiger partial charge in [0, 0.05) is 7.11 Å². The lowest BCUT2D eigenvalue weighted by Crippen LogP contribution is -2.58. The van der Waals surface area contributed by atoms with Crippen LogP contribution < -0.4 is 0 Å². The van der Waals surface area contributed by atoms with E-state index >= 15 is 0 Å². The summed E-state index contributed by atoms with van der Waals surface area (Å²) in [5.74, 6) is 0. The molecule has 106 valence electrons. The molecular weight excluding hydrogens is 248 g/mol. The van der Waals surface area contributed by atoms with Crippen LogP contribution in [0.5, 0.6) is 0 Å². The molecule has 5 nitrogen and oxygen atoms in total. The monoisotopic (exact) mass is 268 g/mol. The van der Waals surface area contributed by atoms with Crippen molar-refractivity contribution in [2.24, 2.45) is 0 Å². The lowest BCUT2D eigenvalue weighted by atomic mass is 9.99. The van der Waals surface area contributed by atoms with E-state index in [0.717, 1.165) is 5.56 Å². The number of rotatable bonds is 4. The fourth-order valence-electron chi connectivity index (χ4n) is 2.21. The van der Waals surface area contributed by atoms with Crippen molar-refractivity contribution in [2.75, 3.05) is 7.11 Å². The third-order valence-electron chi connectivity index (χ3n) is 3.33. The third-order valence-corrected chi connectivity index (χ3v) is 3.33. The number of ether oxygens (including phenoxy) is 3. The first-order valence-electron chi connectivity index (χ1n) is 6.33. The molecule has 19 heavy (non-hydrogen) atoms. The molecule has 1 aromatic carbocycles. The van der Waals surface area contributed by atoms with Crippen molar-refractivity contribution in [3.63, 3.8) is 0 Å². The Bertz CT molecular complexity index is 383. The molecule has 0 radical (unpaired) electrons. The van der Waals surface area contributed by atoms with Gasteiger partial charge in [-0.1, -0.05) is 30.3 Å². The van der Waals surface area contributed by atoms with Crippen LogP contribution in [0.15, 0.2) is 30.3 Å². The summed E-state index contributed by atoms with van der Waals surface area (Å²) in [6.45, 7) is 2.04. The van der Waals surface area contributed by atoms with Gasteiger partial charge in [0.05, 0.1) is 12.7 Å². The highest BCUT2D eigenvalue weighted by Gasteiger charge is 2.44. The fraction of sp³-hybridized carbons (Fsp3) is 0.571. The molecule has 0 amide bonds. The van der Waals surface area contributed by atoms with Crippen LogP contribution in [0, 0.1) is 0 Å². The third kappa shape index (κ3) is 3.32. The van der Waals surface area contributed by atoms with E-state index in [-0.39, 0.29) is 0 Å². The number of hydrogen-bond donors (Lipinski definition) is 2. The molecule has 2 N–H and O–H groups in total. The summed E-state index contributed by atoms with van der Waals surface area (Å²) in [4.78, 5) is 0. The van der Waals surface area contributed by atoms with E-state index in [0.29, 0.717) is 6.61 Å². The fourth-order valence-corrected chi connectivity index (χ4v) is 2.21. The van der Waals surface area contributed by atoms with E-state index in [9.17, 15) is 10.2 Å². The standard InChI is InChI=1S/C14H20O5/c1-9-11(15)12(13(17-2)14(16)19-9)18-8-10-6-4-3-5-7-10/h3-7,9,11-16H,8H2,1-2H3/t9-,11-,12+,13+,14-/m0/s1. The highest BCUT2D eigenvalue weighted by Crippen LogP contribution is 2.24. The molecule has 1 heterocycles. The van der Waals surface area contributed by atoms with Gasteiger partial charge < -0.3 is 24.4 Å². The van der Waals surface area contributed by atoms with Crippen molar-refractivity contribution in [3.8, 4) is 0 Å². The number of aliphatic hydroxyl groups excluding tert-OH is 2. The van der Waals surface area contributed by atoms with Gasteiger partial charge in [-0.2, -0.15) is 0 Å². The quantitative estimate of drug-likeness (QED) is 0.840. The first-order valence-corrected chi connectivity index (χ1v) is 6.33. The highest BCUT2D eigenvalue weighted by molar-refractivity contribution is 5.13. The number of aliphatic hydroxyl groups is 2. The lowest BCUT2D eigenvalue weighted by molar-refractivity contribution is -0.293. The normalized spacial score (nSPS) is 35.3. The average Bonchev–Trinajstić information content (AvgIpc) is 2.42. The van der Waals surface area contributed by atoms with E-state index in [4.69, 9.17) is 14.2 Å². The summed E-state index contributed by atoms with van der Waals surface area (Å²) in [5.41, 5.74) is 0.998. The SMILES string of the molecule is CO[C@@H]1[C@H](OCc2ccccc2)[C@@H](O)[C@H](C)O[C@@H]1O. The maximum absolute atomic E-state index is 10.1. The zero-order valence-corrected chi connectivity index (χ0v) is 11.1. The number of benzene rings is 1. The molecule has 0 aliphatic carbocycles. The second kappa shape index (κ2) is 6.45. The molecule has 0 unspecified atom stereocenters. The molecule has 0 aromatic heterocycles. The molecule has 0 spiro atoms. The maximum atomic E-state index is 10.1. The van der Waals surface area contributed by atoms with Crippen LogP contribution in [0.3, 0.4) is 0 Å². The van der Waals surface area contributed by atoms with Gasteiger partial charge in [0.25, 0.3) is 0 Å². The zero-order valence-electron chi connectivity index (χ0n) is 11.1. The van der Waals surface area contributed by atoms with Crippen LogP contribution in [0.2, 0.25) is 0 Å². The van der Waals surface area contributed by atoms with E-state index < -0.39 is 30.7 Å². The minimum atomic E-state index is -1.09. The van der Waals surface area contributed by atoms with Crippen molar-refractivity contribution in [3.05, 3.63) is 35.9 Å². The summed E-state index contributed by atoms with van der Waals surface area (Å²) < 4.78 is 16.1. The van der Waals surface area contributed by atoms with Gasteiger partial charge in [-0.3, -0.25) is 0 Å². The Balaban J connectivity index is 2.02. The Morgan fingerprint density at radius 1 is 1.16 bits per heavy atom. The van der Waals surface area contributed by atoms with Crippen molar-refractivity contribution in [1.29, 1.82) is 0 Å². The van der Waals surface area contributed by atoms with Gasteiger partial charge in [-0.25, -0.2) is 0 Å². The van der Waals surface area contributed by atoms with Crippen LogP contribution in [0.25, 0.3) is 0 Å². The van der Waals surface area contributed by atoms with Crippen molar-refractivity contribution in [2.45, 2.75) is 44.2 Å². The summed E-state index contributed by atoms with van der Waals surface area (Å²) >= 11 is 0. The van der Waals surface area contributed by atoms with Crippen LogP contribution in [0.1, 0.15) is 12.5 Å². The van der Waals surface area contributed by atoms with Crippen molar-refractivity contribution in [1.82, 2.24) is 0 Å². The summed E-state index contributed by atoms with van der Waals surface area (Å²) in [6, 6.07) is 9.64. The molecule has 0 saturated carbocycles. The van der Waals surface area contributed by atoms with Crippen LogP contribution in [-0.2, 0) is 20.8 Å². The van der Waals surface area contributed by atoms with Crippen LogP contribution >= 0.6 is 0 Å². The predicted octanol–water partition coefficient (Wildman–Crippen LogP) is 0.685. The zero-order chi connectivity index (χ0) is 13.8. The van der Waals surface area contributed by atoms with E-state index in [1.54, 1.807) is 6.92 Å². The topological polar surface area (TPSA) is 68.2 Å². The van der Waals surface area contributed by atoms with Crippen LogP contribution in [-0.4, -0.2) is 48.0 Å². The number of methoxy groups -OCH3 is 1. The highest BCUT2D eigenvalue weighted by atomic mass is 16.7. The molecule has 2 rings (SSSR count). The molecule has 1 aromatic rings. The minimum absolute atomic E-state index is 0.349. The van der Waals surface area contributed by atoms with Gasteiger partial charge in [0.1, 0.15) is 18.3 Å². The molecule has 1 aliphatic rings. The maximum Gasteiger partial charge on any atom is 0.184 e. The molecule has 5 atom stereocenters. The van der Waals surface area contributed by atoms with E-state index in [1.165, 1.54) is 7.11 Å². The first-order chi connectivity index (χ1) is 9.13. The number of hydrogen-bond acceptors (Lipinski definition) is 5. The van der Waals surface area contributed by atoms with E-state index in [2.05, 4.69) is 0 Å². The molecular formula is C14H20O5. The van der Waals surface area contributed by atoms with Gasteiger partial charge in [-0.15, -0.1) is 0 Å². The average molecular weight is 268 g/mol.